The summed E-state index contributed by atoms with van der Waals surface area (Å²) in [5.74, 6) is 1.10. The van der Waals surface area contributed by atoms with E-state index >= 15 is 0 Å². The number of carbonyl (C=O) groups is 1. The summed E-state index contributed by atoms with van der Waals surface area (Å²) in [5.41, 5.74) is 0. The molecule has 0 aromatic rings. The van der Waals surface area contributed by atoms with Gasteiger partial charge >= 0.3 is 0 Å². The number of nitrogens with zero attached hydrogens (tertiary/aromatic N) is 1. The zero-order valence-corrected chi connectivity index (χ0v) is 9.17. The fraction of sp³-hybridized carbons (Fsp3) is 0.900. The Balaban J connectivity index is 1.91. The zero-order valence-electron chi connectivity index (χ0n) is 8.41. The first-order chi connectivity index (χ1) is 6.68. The van der Waals surface area contributed by atoms with E-state index in [1.807, 2.05) is 4.90 Å². The maximum Gasteiger partial charge on any atom is 0.226 e. The number of alkyl halides is 1. The molecule has 2 rings (SSSR count). The van der Waals surface area contributed by atoms with Gasteiger partial charge in [0.25, 0.3) is 0 Å². The van der Waals surface area contributed by atoms with Crippen LogP contribution in [0.5, 0.6) is 0 Å². The number of halogens is 1. The molecule has 80 valence electrons. The van der Waals surface area contributed by atoms with Gasteiger partial charge in [-0.3, -0.25) is 4.79 Å². The van der Waals surface area contributed by atoms with E-state index in [0.717, 1.165) is 6.42 Å². The summed E-state index contributed by atoms with van der Waals surface area (Å²) >= 11 is 6.00. The van der Waals surface area contributed by atoms with Crippen molar-refractivity contribution in [3.05, 3.63) is 0 Å². The van der Waals surface area contributed by atoms with Crippen LogP contribution in [0.15, 0.2) is 0 Å². The summed E-state index contributed by atoms with van der Waals surface area (Å²) in [7, 11) is 0. The molecule has 1 aliphatic heterocycles. The second kappa shape index (κ2) is 4.07. The standard InChI is InChI=1S/C10H16ClNO2/c1-7-4-9(7)10(13)12-2-3-14-6-8(11)5-12/h7-9H,2-6H2,1H3. The quantitative estimate of drug-likeness (QED) is 0.616. The van der Waals surface area contributed by atoms with Crippen molar-refractivity contribution in [1.29, 1.82) is 0 Å². The van der Waals surface area contributed by atoms with Gasteiger partial charge in [-0.25, -0.2) is 0 Å². The van der Waals surface area contributed by atoms with Crippen LogP contribution in [0, 0.1) is 11.8 Å². The van der Waals surface area contributed by atoms with Gasteiger partial charge in [0, 0.05) is 19.0 Å². The Kier molecular flexibility index (Phi) is 2.98. The van der Waals surface area contributed by atoms with Crippen LogP contribution < -0.4 is 0 Å². The smallest absolute Gasteiger partial charge is 0.226 e. The monoisotopic (exact) mass is 217 g/mol. The van der Waals surface area contributed by atoms with Gasteiger partial charge in [-0.05, 0) is 12.3 Å². The molecule has 4 heteroatoms. The minimum Gasteiger partial charge on any atom is -0.378 e. The fourth-order valence-corrected chi connectivity index (χ4v) is 2.13. The number of carbonyl (C=O) groups excluding carboxylic acids is 1. The molecule has 0 N–H and O–H groups in total. The normalized spacial score (nSPS) is 37.9. The topological polar surface area (TPSA) is 29.5 Å². The largest absolute Gasteiger partial charge is 0.378 e. The molecule has 0 aromatic heterocycles. The van der Waals surface area contributed by atoms with Gasteiger partial charge in [0.1, 0.15) is 0 Å². The summed E-state index contributed by atoms with van der Waals surface area (Å²) < 4.78 is 5.29. The fourth-order valence-electron chi connectivity index (χ4n) is 1.87. The van der Waals surface area contributed by atoms with Gasteiger partial charge in [-0.1, -0.05) is 6.92 Å². The van der Waals surface area contributed by atoms with Gasteiger partial charge in [0.05, 0.1) is 18.6 Å². The lowest BCUT2D eigenvalue weighted by molar-refractivity contribution is -0.132. The molecule has 3 nitrogen and oxygen atoms in total. The third kappa shape index (κ3) is 2.20. The Morgan fingerprint density at radius 1 is 1.57 bits per heavy atom. The van der Waals surface area contributed by atoms with Crippen LogP contribution >= 0.6 is 11.6 Å². The molecule has 3 atom stereocenters. The first kappa shape index (κ1) is 10.2. The molecule has 2 fully saturated rings. The molecular formula is C10H16ClNO2. The predicted octanol–water partition coefficient (Wildman–Crippen LogP) is 1.11. The van der Waals surface area contributed by atoms with Crippen molar-refractivity contribution in [3.63, 3.8) is 0 Å². The molecular weight excluding hydrogens is 202 g/mol. The van der Waals surface area contributed by atoms with Gasteiger partial charge in [0.2, 0.25) is 5.91 Å². The summed E-state index contributed by atoms with van der Waals surface area (Å²) in [6.07, 6.45) is 1.04. The Hall–Kier alpha value is -0.280. The van der Waals surface area contributed by atoms with Crippen LogP contribution in [0.3, 0.4) is 0 Å². The highest BCUT2D eigenvalue weighted by atomic mass is 35.5. The molecule has 2 aliphatic rings. The van der Waals surface area contributed by atoms with E-state index in [1.165, 1.54) is 0 Å². The van der Waals surface area contributed by atoms with Crippen LogP contribution in [0.25, 0.3) is 0 Å². The average molecular weight is 218 g/mol. The Morgan fingerprint density at radius 3 is 2.93 bits per heavy atom. The molecule has 14 heavy (non-hydrogen) atoms. The van der Waals surface area contributed by atoms with Crippen molar-refractivity contribution in [2.45, 2.75) is 18.7 Å². The first-order valence-electron chi connectivity index (χ1n) is 5.19. The average Bonchev–Trinajstić information content (AvgIpc) is 2.89. The van der Waals surface area contributed by atoms with Crippen molar-refractivity contribution in [3.8, 4) is 0 Å². The predicted molar refractivity (Wildman–Crippen MR) is 54.3 cm³/mol. The number of hydrogen-bond acceptors (Lipinski definition) is 2. The number of ether oxygens (including phenoxy) is 1. The molecule has 1 saturated heterocycles. The summed E-state index contributed by atoms with van der Waals surface area (Å²) in [5, 5.41) is -0.0458. The van der Waals surface area contributed by atoms with Crippen LogP contribution in [0.1, 0.15) is 13.3 Å². The minimum absolute atomic E-state index is 0.0458. The lowest BCUT2D eigenvalue weighted by Gasteiger charge is -2.21. The molecule has 0 spiro atoms. The number of amides is 1. The van der Waals surface area contributed by atoms with Crippen molar-refractivity contribution < 1.29 is 9.53 Å². The Morgan fingerprint density at radius 2 is 2.29 bits per heavy atom. The zero-order chi connectivity index (χ0) is 10.1. The van der Waals surface area contributed by atoms with Crippen molar-refractivity contribution >= 4 is 17.5 Å². The summed E-state index contributed by atoms with van der Waals surface area (Å²) in [4.78, 5) is 13.7. The van der Waals surface area contributed by atoms with Crippen molar-refractivity contribution in [2.75, 3.05) is 26.3 Å². The van der Waals surface area contributed by atoms with Crippen molar-refractivity contribution in [2.24, 2.45) is 11.8 Å². The highest BCUT2D eigenvalue weighted by molar-refractivity contribution is 6.21. The summed E-state index contributed by atoms with van der Waals surface area (Å²) in [6, 6.07) is 0. The van der Waals surface area contributed by atoms with E-state index in [1.54, 1.807) is 0 Å². The molecule has 1 aliphatic carbocycles. The third-order valence-corrected chi connectivity index (χ3v) is 3.23. The van der Waals surface area contributed by atoms with E-state index in [-0.39, 0.29) is 17.2 Å². The maximum atomic E-state index is 11.9. The molecule has 0 aromatic carbocycles. The van der Waals surface area contributed by atoms with Crippen LogP contribution in [-0.4, -0.2) is 42.5 Å². The lowest BCUT2D eigenvalue weighted by Crippen LogP contribution is -2.37. The molecule has 1 amide bonds. The van der Waals surface area contributed by atoms with E-state index in [4.69, 9.17) is 16.3 Å². The molecule has 1 saturated carbocycles. The van der Waals surface area contributed by atoms with E-state index in [9.17, 15) is 4.79 Å². The molecule has 3 unspecified atom stereocenters. The number of rotatable bonds is 1. The Bertz CT molecular complexity index is 234. The number of hydrogen-bond donors (Lipinski definition) is 0. The van der Waals surface area contributed by atoms with Crippen LogP contribution in [-0.2, 0) is 9.53 Å². The highest BCUT2D eigenvalue weighted by Gasteiger charge is 2.41. The van der Waals surface area contributed by atoms with E-state index in [2.05, 4.69) is 6.92 Å². The maximum absolute atomic E-state index is 11.9. The van der Waals surface area contributed by atoms with E-state index < -0.39 is 0 Å². The van der Waals surface area contributed by atoms with Crippen molar-refractivity contribution in [1.82, 2.24) is 4.90 Å². The third-order valence-electron chi connectivity index (χ3n) is 2.96. The van der Waals surface area contributed by atoms with Crippen LogP contribution in [0.2, 0.25) is 0 Å². The lowest BCUT2D eigenvalue weighted by atomic mass is 10.3. The highest BCUT2D eigenvalue weighted by Crippen LogP contribution is 2.39. The second-order valence-electron chi connectivity index (χ2n) is 4.28. The first-order valence-corrected chi connectivity index (χ1v) is 5.62. The molecule has 0 bridgehead atoms. The second-order valence-corrected chi connectivity index (χ2v) is 4.89. The van der Waals surface area contributed by atoms with E-state index in [0.29, 0.717) is 32.2 Å². The molecule has 1 heterocycles. The SMILES string of the molecule is CC1CC1C(=O)N1CCOCC(Cl)C1. The van der Waals surface area contributed by atoms with Crippen LogP contribution in [0.4, 0.5) is 0 Å². The van der Waals surface area contributed by atoms with Gasteiger partial charge in [0.15, 0.2) is 0 Å². The van der Waals surface area contributed by atoms with Gasteiger partial charge in [-0.15, -0.1) is 11.6 Å². The molecule has 0 radical (unpaired) electrons. The Labute approximate surface area is 89.4 Å². The summed E-state index contributed by atoms with van der Waals surface area (Å²) in [6.45, 7) is 4.64. The van der Waals surface area contributed by atoms with Gasteiger partial charge in [-0.2, -0.15) is 0 Å². The minimum atomic E-state index is -0.0458. The van der Waals surface area contributed by atoms with Gasteiger partial charge < -0.3 is 9.64 Å².